The van der Waals surface area contributed by atoms with Crippen LogP contribution in [0.4, 0.5) is 0 Å². The van der Waals surface area contributed by atoms with E-state index in [1.165, 1.54) is 31.2 Å². The highest BCUT2D eigenvalue weighted by Crippen LogP contribution is 2.52. The van der Waals surface area contributed by atoms with E-state index >= 15 is 0 Å². The van der Waals surface area contributed by atoms with Crippen molar-refractivity contribution < 1.29 is 0 Å². The summed E-state index contributed by atoms with van der Waals surface area (Å²) in [4.78, 5) is 0. The second kappa shape index (κ2) is 5.22. The molecule has 2 heteroatoms. The standard InChI is InChI=1S/C16H22ClN/c1-2-18-16(12-5-7-14(17)8-6-12)15-10-11-3-4-13(15)9-11/h5-8,11,13,15-16,18H,2-4,9-10H2,1H3. The average Bonchev–Trinajstić information content (AvgIpc) is 2.99. The molecule has 0 saturated heterocycles. The molecule has 0 aliphatic heterocycles. The van der Waals surface area contributed by atoms with Crippen LogP contribution in [0.1, 0.15) is 44.2 Å². The molecule has 98 valence electrons. The molecule has 0 heterocycles. The van der Waals surface area contributed by atoms with E-state index in [1.54, 1.807) is 0 Å². The smallest absolute Gasteiger partial charge is 0.0406 e. The number of benzene rings is 1. The largest absolute Gasteiger partial charge is 0.310 e. The van der Waals surface area contributed by atoms with Gasteiger partial charge in [-0.2, -0.15) is 0 Å². The molecule has 1 aromatic rings. The molecule has 4 atom stereocenters. The highest BCUT2D eigenvalue weighted by atomic mass is 35.5. The van der Waals surface area contributed by atoms with E-state index in [1.807, 2.05) is 12.1 Å². The Labute approximate surface area is 115 Å². The molecule has 2 aliphatic carbocycles. The first kappa shape index (κ1) is 12.5. The summed E-state index contributed by atoms with van der Waals surface area (Å²) in [7, 11) is 0. The second-order valence-corrected chi connectivity index (χ2v) is 6.36. The normalized spacial score (nSPS) is 31.8. The molecule has 4 unspecified atom stereocenters. The van der Waals surface area contributed by atoms with E-state index in [4.69, 9.17) is 11.6 Å². The van der Waals surface area contributed by atoms with Gasteiger partial charge in [-0.1, -0.05) is 37.1 Å². The van der Waals surface area contributed by atoms with Crippen molar-refractivity contribution in [2.45, 2.75) is 38.6 Å². The number of hydrogen-bond acceptors (Lipinski definition) is 1. The van der Waals surface area contributed by atoms with Crippen LogP contribution in [0.25, 0.3) is 0 Å². The topological polar surface area (TPSA) is 12.0 Å². The summed E-state index contributed by atoms with van der Waals surface area (Å²) >= 11 is 6.00. The molecule has 0 amide bonds. The molecule has 2 fully saturated rings. The lowest BCUT2D eigenvalue weighted by Crippen LogP contribution is -2.31. The van der Waals surface area contributed by atoms with Crippen LogP contribution in [-0.2, 0) is 0 Å². The number of nitrogens with one attached hydrogen (secondary N) is 1. The van der Waals surface area contributed by atoms with Gasteiger partial charge in [0.15, 0.2) is 0 Å². The van der Waals surface area contributed by atoms with Crippen LogP contribution < -0.4 is 5.32 Å². The zero-order chi connectivity index (χ0) is 12.5. The van der Waals surface area contributed by atoms with E-state index in [0.717, 1.165) is 29.3 Å². The fourth-order valence-electron chi connectivity index (χ4n) is 4.11. The van der Waals surface area contributed by atoms with Crippen molar-refractivity contribution in [3.05, 3.63) is 34.9 Å². The minimum Gasteiger partial charge on any atom is -0.310 e. The summed E-state index contributed by atoms with van der Waals surface area (Å²) in [6.45, 7) is 3.25. The van der Waals surface area contributed by atoms with Gasteiger partial charge in [-0.3, -0.25) is 0 Å². The average molecular weight is 264 g/mol. The van der Waals surface area contributed by atoms with Crippen LogP contribution in [0.5, 0.6) is 0 Å². The number of fused-ring (bicyclic) bond motifs is 2. The Bertz CT molecular complexity index is 400. The van der Waals surface area contributed by atoms with Gasteiger partial charge < -0.3 is 5.32 Å². The minimum absolute atomic E-state index is 0.530. The Morgan fingerprint density at radius 2 is 2.00 bits per heavy atom. The zero-order valence-electron chi connectivity index (χ0n) is 11.0. The number of hydrogen-bond donors (Lipinski definition) is 1. The molecule has 2 bridgehead atoms. The van der Waals surface area contributed by atoms with Gasteiger partial charge in [0.05, 0.1) is 0 Å². The molecule has 1 aromatic carbocycles. The van der Waals surface area contributed by atoms with Crippen LogP contribution in [0, 0.1) is 17.8 Å². The van der Waals surface area contributed by atoms with E-state index in [2.05, 4.69) is 24.4 Å². The van der Waals surface area contributed by atoms with Crippen molar-refractivity contribution in [1.82, 2.24) is 5.32 Å². The van der Waals surface area contributed by atoms with Crippen molar-refractivity contribution >= 4 is 11.6 Å². The minimum atomic E-state index is 0.530. The Hall–Kier alpha value is -0.530. The lowest BCUT2D eigenvalue weighted by atomic mass is 9.80. The summed E-state index contributed by atoms with van der Waals surface area (Å²) in [6.07, 6.45) is 5.82. The lowest BCUT2D eigenvalue weighted by molar-refractivity contribution is 0.253. The number of rotatable bonds is 4. The van der Waals surface area contributed by atoms with Gasteiger partial charge in [-0.15, -0.1) is 0 Å². The van der Waals surface area contributed by atoms with Gasteiger partial charge in [0.1, 0.15) is 0 Å². The highest BCUT2D eigenvalue weighted by molar-refractivity contribution is 6.30. The van der Waals surface area contributed by atoms with E-state index in [0.29, 0.717) is 6.04 Å². The third-order valence-corrected chi connectivity index (χ3v) is 5.13. The maximum Gasteiger partial charge on any atom is 0.0406 e. The zero-order valence-corrected chi connectivity index (χ0v) is 11.8. The summed E-state index contributed by atoms with van der Waals surface area (Å²) in [5.74, 6) is 2.80. The Balaban J connectivity index is 1.81. The molecule has 0 aromatic heterocycles. The SMILES string of the molecule is CCNC(c1ccc(Cl)cc1)C1CC2CCC1C2. The Morgan fingerprint density at radius 3 is 2.56 bits per heavy atom. The van der Waals surface area contributed by atoms with Crippen molar-refractivity contribution in [2.75, 3.05) is 6.54 Å². The van der Waals surface area contributed by atoms with Crippen molar-refractivity contribution in [2.24, 2.45) is 17.8 Å². The predicted molar refractivity (Wildman–Crippen MR) is 76.8 cm³/mol. The third kappa shape index (κ3) is 2.31. The molecular formula is C16H22ClN. The summed E-state index contributed by atoms with van der Waals surface area (Å²) < 4.78 is 0. The van der Waals surface area contributed by atoms with Gasteiger partial charge in [0, 0.05) is 11.1 Å². The molecule has 2 aliphatic rings. The van der Waals surface area contributed by atoms with E-state index < -0.39 is 0 Å². The van der Waals surface area contributed by atoms with Gasteiger partial charge >= 0.3 is 0 Å². The van der Waals surface area contributed by atoms with Gasteiger partial charge in [0.25, 0.3) is 0 Å². The fraction of sp³-hybridized carbons (Fsp3) is 0.625. The van der Waals surface area contributed by atoms with Crippen LogP contribution in [0.3, 0.4) is 0 Å². The van der Waals surface area contributed by atoms with E-state index in [9.17, 15) is 0 Å². The Kier molecular flexibility index (Phi) is 3.63. The number of halogens is 1. The van der Waals surface area contributed by atoms with Crippen molar-refractivity contribution in [3.63, 3.8) is 0 Å². The predicted octanol–water partition coefficient (Wildman–Crippen LogP) is 4.43. The van der Waals surface area contributed by atoms with Gasteiger partial charge in [0.2, 0.25) is 0 Å². The van der Waals surface area contributed by atoms with Crippen LogP contribution in [-0.4, -0.2) is 6.54 Å². The maximum atomic E-state index is 6.00. The molecule has 1 nitrogen and oxygen atoms in total. The summed E-state index contributed by atoms with van der Waals surface area (Å²) in [5, 5.41) is 4.54. The Morgan fingerprint density at radius 1 is 1.22 bits per heavy atom. The molecule has 0 radical (unpaired) electrons. The first-order valence-electron chi connectivity index (χ1n) is 7.26. The lowest BCUT2D eigenvalue weighted by Gasteiger charge is -2.31. The molecule has 1 N–H and O–H groups in total. The summed E-state index contributed by atoms with van der Waals surface area (Å²) in [6, 6.07) is 8.97. The first-order chi connectivity index (χ1) is 8.78. The molecule has 0 spiro atoms. The monoisotopic (exact) mass is 263 g/mol. The maximum absolute atomic E-state index is 6.00. The molecule has 18 heavy (non-hydrogen) atoms. The van der Waals surface area contributed by atoms with Crippen LogP contribution >= 0.6 is 11.6 Å². The second-order valence-electron chi connectivity index (χ2n) is 5.93. The van der Waals surface area contributed by atoms with Crippen LogP contribution in [0.15, 0.2) is 24.3 Å². The highest BCUT2D eigenvalue weighted by Gasteiger charge is 2.43. The van der Waals surface area contributed by atoms with Crippen molar-refractivity contribution in [3.8, 4) is 0 Å². The third-order valence-electron chi connectivity index (χ3n) is 4.87. The van der Waals surface area contributed by atoms with Gasteiger partial charge in [-0.25, -0.2) is 0 Å². The first-order valence-corrected chi connectivity index (χ1v) is 7.64. The van der Waals surface area contributed by atoms with Gasteiger partial charge in [-0.05, 0) is 61.3 Å². The van der Waals surface area contributed by atoms with Crippen molar-refractivity contribution in [1.29, 1.82) is 0 Å². The fourth-order valence-corrected chi connectivity index (χ4v) is 4.23. The quantitative estimate of drug-likeness (QED) is 0.848. The molecule has 2 saturated carbocycles. The van der Waals surface area contributed by atoms with E-state index in [-0.39, 0.29) is 0 Å². The summed E-state index contributed by atoms with van der Waals surface area (Å²) in [5.41, 5.74) is 1.42. The van der Waals surface area contributed by atoms with Crippen LogP contribution in [0.2, 0.25) is 5.02 Å². The molecule has 3 rings (SSSR count). The molecular weight excluding hydrogens is 242 g/mol.